The van der Waals surface area contributed by atoms with Crippen LogP contribution in [0, 0.1) is 0 Å². The van der Waals surface area contributed by atoms with Gasteiger partial charge in [-0.25, -0.2) is 4.79 Å². The first-order valence-corrected chi connectivity index (χ1v) is 9.47. The zero-order valence-electron chi connectivity index (χ0n) is 15.1. The summed E-state index contributed by atoms with van der Waals surface area (Å²) >= 11 is 3.39. The molecule has 140 valence electrons. The van der Waals surface area contributed by atoms with Crippen molar-refractivity contribution in [2.75, 3.05) is 11.9 Å². The van der Waals surface area contributed by atoms with Crippen molar-refractivity contribution in [2.45, 2.75) is 26.3 Å². The van der Waals surface area contributed by atoms with Crippen LogP contribution in [0.1, 0.15) is 40.1 Å². The van der Waals surface area contributed by atoms with Crippen LogP contribution in [0.2, 0.25) is 0 Å². The van der Waals surface area contributed by atoms with Gasteiger partial charge in [0.05, 0.1) is 11.1 Å². The number of carbonyl (C=O) groups is 3. The first-order valence-electron chi connectivity index (χ1n) is 8.68. The van der Waals surface area contributed by atoms with E-state index >= 15 is 0 Å². The van der Waals surface area contributed by atoms with Gasteiger partial charge in [-0.15, -0.1) is 0 Å². The van der Waals surface area contributed by atoms with Gasteiger partial charge >= 0.3 is 6.03 Å². The molecule has 2 aromatic rings. The summed E-state index contributed by atoms with van der Waals surface area (Å²) in [4.78, 5) is 38.0. The van der Waals surface area contributed by atoms with Crippen molar-refractivity contribution in [2.24, 2.45) is 0 Å². The van der Waals surface area contributed by atoms with E-state index in [1.807, 2.05) is 24.3 Å². The summed E-state index contributed by atoms with van der Waals surface area (Å²) < 4.78 is 1.01. The summed E-state index contributed by atoms with van der Waals surface area (Å²) in [7, 11) is 0. The number of carbonyl (C=O) groups excluding carboxylic acids is 3. The minimum absolute atomic E-state index is 0.212. The number of urea groups is 1. The van der Waals surface area contributed by atoms with E-state index in [0.29, 0.717) is 29.8 Å². The predicted molar refractivity (Wildman–Crippen MR) is 107 cm³/mol. The highest BCUT2D eigenvalue weighted by molar-refractivity contribution is 9.10. The topological polar surface area (TPSA) is 78.5 Å². The van der Waals surface area contributed by atoms with E-state index in [4.69, 9.17) is 0 Å². The molecule has 4 amide bonds. The molecule has 0 aliphatic carbocycles. The van der Waals surface area contributed by atoms with Crippen molar-refractivity contribution >= 4 is 39.5 Å². The van der Waals surface area contributed by atoms with Gasteiger partial charge in [0.2, 0.25) is 0 Å². The molecule has 0 spiro atoms. The third kappa shape index (κ3) is 4.19. The maximum Gasteiger partial charge on any atom is 0.319 e. The maximum absolute atomic E-state index is 12.4. The molecular formula is C20H20BrN3O3. The third-order valence-corrected chi connectivity index (χ3v) is 4.83. The molecule has 7 heteroatoms. The van der Waals surface area contributed by atoms with E-state index in [9.17, 15) is 14.4 Å². The zero-order chi connectivity index (χ0) is 19.6. The minimum atomic E-state index is -0.357. The molecule has 3 rings (SSSR count). The molecule has 1 aliphatic rings. The van der Waals surface area contributed by atoms with E-state index in [2.05, 4.69) is 26.6 Å². The summed E-state index contributed by atoms with van der Waals surface area (Å²) in [6, 6.07) is 12.1. The Bertz CT molecular complexity index is 894. The molecule has 0 aromatic heterocycles. The van der Waals surface area contributed by atoms with E-state index in [1.54, 1.807) is 32.0 Å². The number of nitrogens with one attached hydrogen (secondary N) is 2. The molecule has 0 atom stereocenters. The van der Waals surface area contributed by atoms with Gasteiger partial charge in [0.15, 0.2) is 0 Å². The molecule has 6 nitrogen and oxygen atoms in total. The predicted octanol–water partition coefficient (Wildman–Crippen LogP) is 3.82. The fourth-order valence-electron chi connectivity index (χ4n) is 2.95. The Kier molecular flexibility index (Phi) is 5.60. The Morgan fingerprint density at radius 3 is 2.37 bits per heavy atom. The second-order valence-electron chi connectivity index (χ2n) is 6.59. The molecular weight excluding hydrogens is 410 g/mol. The van der Waals surface area contributed by atoms with Crippen molar-refractivity contribution in [3.63, 3.8) is 0 Å². The van der Waals surface area contributed by atoms with Crippen molar-refractivity contribution in [1.29, 1.82) is 0 Å². The highest BCUT2D eigenvalue weighted by atomic mass is 79.9. The average Bonchev–Trinajstić information content (AvgIpc) is 2.87. The standard InChI is InChI=1S/C20H20BrN3O3/c1-12(2)24-18(25)16-8-7-15(11-17(16)19(24)26)23-20(27)22-10-9-13-3-5-14(21)6-4-13/h3-8,11-12H,9-10H2,1-2H3,(H2,22,23,27). The molecule has 0 saturated carbocycles. The van der Waals surface area contributed by atoms with Crippen molar-refractivity contribution in [1.82, 2.24) is 10.2 Å². The van der Waals surface area contributed by atoms with Crippen LogP contribution >= 0.6 is 15.9 Å². The lowest BCUT2D eigenvalue weighted by Gasteiger charge is -2.17. The third-order valence-electron chi connectivity index (χ3n) is 4.30. The Labute approximate surface area is 166 Å². The van der Waals surface area contributed by atoms with Gasteiger partial charge in [0.25, 0.3) is 11.8 Å². The first kappa shape index (κ1) is 19.1. The number of rotatable bonds is 5. The van der Waals surface area contributed by atoms with Crippen LogP contribution in [0.3, 0.4) is 0 Å². The van der Waals surface area contributed by atoms with E-state index in [0.717, 1.165) is 10.0 Å². The molecule has 0 unspecified atom stereocenters. The van der Waals surface area contributed by atoms with Crippen molar-refractivity contribution in [3.05, 3.63) is 63.6 Å². The smallest absolute Gasteiger partial charge is 0.319 e. The fraction of sp³-hybridized carbons (Fsp3) is 0.250. The largest absolute Gasteiger partial charge is 0.338 e. The first-order chi connectivity index (χ1) is 12.9. The fourth-order valence-corrected chi connectivity index (χ4v) is 3.22. The molecule has 0 bridgehead atoms. The van der Waals surface area contributed by atoms with Gasteiger partial charge < -0.3 is 10.6 Å². The SMILES string of the molecule is CC(C)N1C(=O)c2ccc(NC(=O)NCCc3ccc(Br)cc3)cc2C1=O. The van der Waals surface area contributed by atoms with Crippen LogP contribution in [0.5, 0.6) is 0 Å². The van der Waals surface area contributed by atoms with Crippen LogP contribution in [-0.2, 0) is 6.42 Å². The number of fused-ring (bicyclic) bond motifs is 1. The molecule has 0 saturated heterocycles. The Morgan fingerprint density at radius 2 is 1.70 bits per heavy atom. The monoisotopic (exact) mass is 429 g/mol. The quantitative estimate of drug-likeness (QED) is 0.708. The van der Waals surface area contributed by atoms with Gasteiger partial charge in [-0.3, -0.25) is 14.5 Å². The molecule has 2 aromatic carbocycles. The number of imide groups is 1. The average molecular weight is 430 g/mol. The zero-order valence-corrected chi connectivity index (χ0v) is 16.7. The van der Waals surface area contributed by atoms with Crippen LogP contribution < -0.4 is 10.6 Å². The van der Waals surface area contributed by atoms with Crippen LogP contribution in [0.15, 0.2) is 46.9 Å². The lowest BCUT2D eigenvalue weighted by atomic mass is 10.1. The number of benzene rings is 2. The lowest BCUT2D eigenvalue weighted by molar-refractivity contribution is 0.0609. The van der Waals surface area contributed by atoms with E-state index in [1.165, 1.54) is 4.90 Å². The summed E-state index contributed by atoms with van der Waals surface area (Å²) in [5.41, 5.74) is 2.28. The Balaban J connectivity index is 1.59. The molecule has 1 heterocycles. The van der Waals surface area contributed by atoms with Gasteiger partial charge in [-0.2, -0.15) is 0 Å². The van der Waals surface area contributed by atoms with Crippen LogP contribution in [0.25, 0.3) is 0 Å². The molecule has 2 N–H and O–H groups in total. The second-order valence-corrected chi connectivity index (χ2v) is 7.51. The Hall–Kier alpha value is -2.67. The Morgan fingerprint density at radius 1 is 1.04 bits per heavy atom. The summed E-state index contributed by atoms with van der Waals surface area (Å²) in [5, 5.41) is 5.49. The normalized spacial score (nSPS) is 13.1. The number of amides is 4. The molecule has 0 radical (unpaired) electrons. The van der Waals surface area contributed by atoms with E-state index < -0.39 is 0 Å². The highest BCUT2D eigenvalue weighted by Crippen LogP contribution is 2.27. The maximum atomic E-state index is 12.4. The van der Waals surface area contributed by atoms with Crippen LogP contribution in [-0.4, -0.2) is 35.3 Å². The number of anilines is 1. The summed E-state index contributed by atoms with van der Waals surface area (Å²) in [5.74, 6) is -0.625. The van der Waals surface area contributed by atoms with Gasteiger partial charge in [-0.1, -0.05) is 28.1 Å². The van der Waals surface area contributed by atoms with Gasteiger partial charge in [-0.05, 0) is 56.2 Å². The lowest BCUT2D eigenvalue weighted by Crippen LogP contribution is -2.35. The molecule has 1 aliphatic heterocycles. The second kappa shape index (κ2) is 7.92. The van der Waals surface area contributed by atoms with Gasteiger partial charge in [0, 0.05) is 22.7 Å². The van der Waals surface area contributed by atoms with Crippen LogP contribution in [0.4, 0.5) is 10.5 Å². The van der Waals surface area contributed by atoms with Crippen molar-refractivity contribution < 1.29 is 14.4 Å². The highest BCUT2D eigenvalue weighted by Gasteiger charge is 2.37. The number of halogens is 1. The van der Waals surface area contributed by atoms with Gasteiger partial charge in [0.1, 0.15) is 0 Å². The number of hydrogen-bond donors (Lipinski definition) is 2. The number of nitrogens with zero attached hydrogens (tertiary/aromatic N) is 1. The number of hydrogen-bond acceptors (Lipinski definition) is 3. The molecule has 27 heavy (non-hydrogen) atoms. The summed E-state index contributed by atoms with van der Waals surface area (Å²) in [6.07, 6.45) is 0.710. The van der Waals surface area contributed by atoms with Crippen molar-refractivity contribution in [3.8, 4) is 0 Å². The van der Waals surface area contributed by atoms with E-state index in [-0.39, 0.29) is 23.9 Å². The molecule has 0 fully saturated rings. The minimum Gasteiger partial charge on any atom is -0.338 e. The summed E-state index contributed by atoms with van der Waals surface area (Å²) in [6.45, 7) is 4.07.